The Morgan fingerprint density at radius 2 is 1.93 bits per heavy atom. The van der Waals surface area contributed by atoms with Crippen molar-refractivity contribution in [3.63, 3.8) is 0 Å². The lowest BCUT2D eigenvalue weighted by Gasteiger charge is -2.14. The number of ether oxygens (including phenoxy) is 1. The number of nitrogens with one attached hydrogen (secondary N) is 3. The van der Waals surface area contributed by atoms with E-state index < -0.39 is 0 Å². The third-order valence-corrected chi connectivity index (χ3v) is 3.89. The predicted octanol–water partition coefficient (Wildman–Crippen LogP) is 4.20. The van der Waals surface area contributed by atoms with Crippen molar-refractivity contribution in [1.82, 2.24) is 5.32 Å². The second-order valence-corrected chi connectivity index (χ2v) is 6.32. The van der Waals surface area contributed by atoms with Crippen molar-refractivity contribution in [2.24, 2.45) is 0 Å². The van der Waals surface area contributed by atoms with Gasteiger partial charge >= 0.3 is 0 Å². The lowest BCUT2D eigenvalue weighted by molar-refractivity contribution is -0.114. The number of hydrogen-bond donors (Lipinski definition) is 3. The summed E-state index contributed by atoms with van der Waals surface area (Å²) in [5.41, 5.74) is 2.43. The number of carbonyl (C=O) groups is 2. The van der Waals surface area contributed by atoms with Gasteiger partial charge in [-0.2, -0.15) is 0 Å². The molecule has 0 atom stereocenters. The molecule has 6 nitrogen and oxygen atoms in total. The van der Waals surface area contributed by atoms with E-state index in [0.29, 0.717) is 41.7 Å². The topological polar surface area (TPSA) is 79.5 Å². The first-order valence-corrected chi connectivity index (χ1v) is 9.17. The van der Waals surface area contributed by atoms with E-state index in [1.165, 1.54) is 6.92 Å². The summed E-state index contributed by atoms with van der Waals surface area (Å²) in [6.07, 6.45) is 0.743. The third kappa shape index (κ3) is 6.92. The summed E-state index contributed by atoms with van der Waals surface area (Å²) < 4.78 is 5.25. The van der Waals surface area contributed by atoms with Gasteiger partial charge in [-0.05, 0) is 49.7 Å². The van der Waals surface area contributed by atoms with Crippen molar-refractivity contribution in [2.45, 2.75) is 20.3 Å². The Labute approximate surface area is 164 Å². The molecule has 0 bridgehead atoms. The number of carbonyl (C=O) groups excluding carboxylic acids is 2. The smallest absolute Gasteiger partial charge is 0.251 e. The van der Waals surface area contributed by atoms with E-state index in [2.05, 4.69) is 16.0 Å². The molecule has 2 aromatic carbocycles. The standard InChI is InChI=1S/C20H24ClN3O3/c1-3-27-11-5-10-22-20(26)15-8-9-18(19(12-15)23-14(2)25)24-17-7-4-6-16(21)13-17/h4,6-9,12-13,24H,3,5,10-11H2,1-2H3,(H,22,26)(H,23,25). The maximum Gasteiger partial charge on any atom is 0.251 e. The Balaban J connectivity index is 2.12. The van der Waals surface area contributed by atoms with Crippen LogP contribution >= 0.6 is 11.6 Å². The molecule has 0 saturated heterocycles. The zero-order valence-electron chi connectivity index (χ0n) is 15.5. The Hall–Kier alpha value is -2.57. The van der Waals surface area contributed by atoms with Crippen LogP contribution in [0.15, 0.2) is 42.5 Å². The van der Waals surface area contributed by atoms with Crippen molar-refractivity contribution in [2.75, 3.05) is 30.4 Å². The van der Waals surface area contributed by atoms with Gasteiger partial charge in [-0.3, -0.25) is 9.59 Å². The molecule has 27 heavy (non-hydrogen) atoms. The van der Waals surface area contributed by atoms with E-state index in [1.54, 1.807) is 30.3 Å². The van der Waals surface area contributed by atoms with Gasteiger partial charge in [0, 0.05) is 43.0 Å². The third-order valence-electron chi connectivity index (χ3n) is 3.65. The summed E-state index contributed by atoms with van der Waals surface area (Å²) >= 11 is 6.01. The second kappa shape index (κ2) is 10.5. The van der Waals surface area contributed by atoms with Crippen LogP contribution in [0, 0.1) is 0 Å². The number of anilines is 3. The van der Waals surface area contributed by atoms with E-state index >= 15 is 0 Å². The van der Waals surface area contributed by atoms with E-state index in [-0.39, 0.29) is 11.8 Å². The fourth-order valence-electron chi connectivity index (χ4n) is 2.43. The maximum atomic E-state index is 12.3. The van der Waals surface area contributed by atoms with Crippen molar-refractivity contribution in [3.05, 3.63) is 53.1 Å². The molecule has 0 spiro atoms. The van der Waals surface area contributed by atoms with Crippen molar-refractivity contribution >= 4 is 40.5 Å². The van der Waals surface area contributed by atoms with E-state index in [1.807, 2.05) is 19.1 Å². The molecule has 2 aromatic rings. The molecular weight excluding hydrogens is 366 g/mol. The SMILES string of the molecule is CCOCCCNC(=O)c1ccc(Nc2cccc(Cl)c2)c(NC(C)=O)c1. The molecule has 0 aliphatic rings. The zero-order chi connectivity index (χ0) is 19.6. The van der Waals surface area contributed by atoms with Gasteiger partial charge in [-0.1, -0.05) is 17.7 Å². The summed E-state index contributed by atoms with van der Waals surface area (Å²) in [5, 5.41) is 9.40. The van der Waals surface area contributed by atoms with Gasteiger partial charge in [0.1, 0.15) is 0 Å². The molecule has 2 rings (SSSR count). The van der Waals surface area contributed by atoms with Crippen LogP contribution in [0.4, 0.5) is 17.1 Å². The molecule has 0 aromatic heterocycles. The van der Waals surface area contributed by atoms with E-state index in [4.69, 9.17) is 16.3 Å². The summed E-state index contributed by atoms with van der Waals surface area (Å²) in [4.78, 5) is 23.9. The number of benzene rings is 2. The fraction of sp³-hybridized carbons (Fsp3) is 0.300. The molecule has 7 heteroatoms. The van der Waals surface area contributed by atoms with Crippen LogP contribution in [0.25, 0.3) is 0 Å². The summed E-state index contributed by atoms with van der Waals surface area (Å²) in [6.45, 7) is 5.15. The molecule has 0 heterocycles. The quantitative estimate of drug-likeness (QED) is 0.561. The Morgan fingerprint density at radius 1 is 1.11 bits per heavy atom. The van der Waals surface area contributed by atoms with E-state index in [9.17, 15) is 9.59 Å². The number of rotatable bonds is 9. The fourth-order valence-corrected chi connectivity index (χ4v) is 2.62. The molecule has 0 unspecified atom stereocenters. The molecule has 0 radical (unpaired) electrons. The molecule has 0 aliphatic heterocycles. The Bertz CT molecular complexity index is 796. The van der Waals surface area contributed by atoms with Gasteiger partial charge < -0.3 is 20.7 Å². The highest BCUT2D eigenvalue weighted by molar-refractivity contribution is 6.30. The molecule has 3 N–H and O–H groups in total. The van der Waals surface area contributed by atoms with Gasteiger partial charge in [0.2, 0.25) is 5.91 Å². The average Bonchev–Trinajstić information content (AvgIpc) is 2.62. The average molecular weight is 390 g/mol. The second-order valence-electron chi connectivity index (χ2n) is 5.88. The number of amides is 2. The van der Waals surface area contributed by atoms with Crippen LogP contribution < -0.4 is 16.0 Å². The van der Waals surface area contributed by atoms with Gasteiger partial charge in [-0.25, -0.2) is 0 Å². The van der Waals surface area contributed by atoms with Gasteiger partial charge in [0.15, 0.2) is 0 Å². The Kier molecular flexibility index (Phi) is 8.10. The highest BCUT2D eigenvalue weighted by Gasteiger charge is 2.11. The first-order valence-electron chi connectivity index (χ1n) is 8.79. The van der Waals surface area contributed by atoms with Crippen LogP contribution in [0.3, 0.4) is 0 Å². The molecule has 144 valence electrons. The van der Waals surface area contributed by atoms with Gasteiger partial charge in [0.05, 0.1) is 11.4 Å². The summed E-state index contributed by atoms with van der Waals surface area (Å²) in [5.74, 6) is -0.425. The van der Waals surface area contributed by atoms with Crippen LogP contribution in [0.5, 0.6) is 0 Å². The van der Waals surface area contributed by atoms with Crippen molar-refractivity contribution < 1.29 is 14.3 Å². The molecule has 0 fully saturated rings. The highest BCUT2D eigenvalue weighted by atomic mass is 35.5. The monoisotopic (exact) mass is 389 g/mol. The summed E-state index contributed by atoms with van der Waals surface area (Å²) in [6, 6.07) is 12.3. The Morgan fingerprint density at radius 3 is 2.63 bits per heavy atom. The lowest BCUT2D eigenvalue weighted by atomic mass is 10.1. The van der Waals surface area contributed by atoms with Crippen LogP contribution in [-0.4, -0.2) is 31.6 Å². The maximum absolute atomic E-state index is 12.3. The summed E-state index contributed by atoms with van der Waals surface area (Å²) in [7, 11) is 0. The minimum absolute atomic E-state index is 0.201. The molecule has 0 saturated carbocycles. The molecule has 0 aliphatic carbocycles. The highest BCUT2D eigenvalue weighted by Crippen LogP contribution is 2.28. The predicted molar refractivity (Wildman–Crippen MR) is 109 cm³/mol. The number of hydrogen-bond acceptors (Lipinski definition) is 4. The van der Waals surface area contributed by atoms with E-state index in [0.717, 1.165) is 12.1 Å². The first-order chi connectivity index (χ1) is 13.0. The first kappa shape index (κ1) is 20.7. The van der Waals surface area contributed by atoms with Crippen molar-refractivity contribution in [3.8, 4) is 0 Å². The molecular formula is C20H24ClN3O3. The van der Waals surface area contributed by atoms with Crippen LogP contribution in [0.1, 0.15) is 30.6 Å². The van der Waals surface area contributed by atoms with Crippen LogP contribution in [-0.2, 0) is 9.53 Å². The lowest BCUT2D eigenvalue weighted by Crippen LogP contribution is -2.25. The minimum Gasteiger partial charge on any atom is -0.382 e. The van der Waals surface area contributed by atoms with Gasteiger partial charge in [-0.15, -0.1) is 0 Å². The van der Waals surface area contributed by atoms with Crippen molar-refractivity contribution in [1.29, 1.82) is 0 Å². The molecule has 2 amide bonds. The number of halogens is 1. The minimum atomic E-state index is -0.224. The zero-order valence-corrected chi connectivity index (χ0v) is 16.2. The van der Waals surface area contributed by atoms with Gasteiger partial charge in [0.25, 0.3) is 5.91 Å². The van der Waals surface area contributed by atoms with Crippen LogP contribution in [0.2, 0.25) is 5.02 Å². The normalized spacial score (nSPS) is 10.3. The largest absolute Gasteiger partial charge is 0.382 e.